The minimum absolute atomic E-state index is 0.0798. The number of nitrogens with zero attached hydrogens (tertiary/aromatic N) is 2. The van der Waals surface area contributed by atoms with Crippen molar-refractivity contribution in [2.75, 3.05) is 6.61 Å². The molecule has 0 spiro atoms. The van der Waals surface area contributed by atoms with E-state index in [-0.39, 0.29) is 43.1 Å². The number of non-ortho nitro benzene ring substituents is 1. The van der Waals surface area contributed by atoms with Gasteiger partial charge in [0.15, 0.2) is 11.8 Å². The van der Waals surface area contributed by atoms with E-state index in [2.05, 4.69) is 0 Å². The molecule has 0 aromatic heterocycles. The molecule has 1 aromatic carbocycles. The van der Waals surface area contributed by atoms with E-state index >= 15 is 0 Å². The van der Waals surface area contributed by atoms with E-state index in [1.54, 1.807) is 6.92 Å². The van der Waals surface area contributed by atoms with Crippen molar-refractivity contribution in [3.8, 4) is 0 Å². The van der Waals surface area contributed by atoms with Crippen LogP contribution in [-0.2, 0) is 25.7 Å². The van der Waals surface area contributed by atoms with Crippen LogP contribution in [0.2, 0.25) is 0 Å². The molecule has 4 atom stereocenters. The molecule has 1 aromatic rings. The number of carbonyl (C=O) groups excluding carboxylic acids is 3. The van der Waals surface area contributed by atoms with Crippen molar-refractivity contribution in [3.05, 3.63) is 39.9 Å². The summed E-state index contributed by atoms with van der Waals surface area (Å²) in [6.45, 7) is 1.36. The van der Waals surface area contributed by atoms with Crippen molar-refractivity contribution in [2.24, 2.45) is 11.8 Å². The predicted molar refractivity (Wildman–Crippen MR) is 86.7 cm³/mol. The number of ether oxygens (including phenoxy) is 1. The Morgan fingerprint density at radius 2 is 1.96 bits per heavy atom. The lowest BCUT2D eigenvalue weighted by Gasteiger charge is -2.45. The normalized spacial score (nSPS) is 27.1. The molecular weight excluding hydrogens is 344 g/mol. The maximum atomic E-state index is 12.4. The zero-order chi connectivity index (χ0) is 19.0. The van der Waals surface area contributed by atoms with Gasteiger partial charge in [-0.2, -0.15) is 0 Å². The lowest BCUT2D eigenvalue weighted by molar-refractivity contribution is -0.384. The minimum atomic E-state index is -1.25. The Hall–Kier alpha value is -2.81. The number of β-lactam (4-membered cyclic amide) rings is 1. The number of esters is 1. The first-order chi connectivity index (χ1) is 12.4. The van der Waals surface area contributed by atoms with Gasteiger partial charge in [0.1, 0.15) is 6.61 Å². The van der Waals surface area contributed by atoms with E-state index in [0.717, 1.165) is 0 Å². The Bertz CT molecular complexity index is 761. The summed E-state index contributed by atoms with van der Waals surface area (Å²) in [7, 11) is 0. The predicted octanol–water partition coefficient (Wildman–Crippen LogP) is 0.435. The number of hydrogen-bond acceptors (Lipinski definition) is 7. The highest BCUT2D eigenvalue weighted by molar-refractivity contribution is 6.12. The van der Waals surface area contributed by atoms with Gasteiger partial charge in [0.2, 0.25) is 5.91 Å². The summed E-state index contributed by atoms with van der Waals surface area (Å²) in [6.07, 6.45) is 0.266. The third kappa shape index (κ3) is 2.84. The van der Waals surface area contributed by atoms with Crippen LogP contribution in [0.15, 0.2) is 24.3 Å². The first-order valence-corrected chi connectivity index (χ1v) is 8.23. The first-order valence-electron chi connectivity index (χ1n) is 8.23. The van der Waals surface area contributed by atoms with Gasteiger partial charge in [-0.25, -0.2) is 4.79 Å². The largest absolute Gasteiger partial charge is 0.459 e. The topological polar surface area (TPSA) is 127 Å². The van der Waals surface area contributed by atoms with Gasteiger partial charge in [0.25, 0.3) is 5.69 Å². The number of rotatable bonds is 6. The van der Waals surface area contributed by atoms with Crippen LogP contribution in [0.4, 0.5) is 5.69 Å². The summed E-state index contributed by atoms with van der Waals surface area (Å²) in [5, 5.41) is 19.7. The number of benzene rings is 1. The van der Waals surface area contributed by atoms with Gasteiger partial charge in [-0.3, -0.25) is 19.7 Å². The van der Waals surface area contributed by atoms with Gasteiger partial charge in [0, 0.05) is 24.7 Å². The van der Waals surface area contributed by atoms with Crippen molar-refractivity contribution in [3.63, 3.8) is 0 Å². The second-order valence-electron chi connectivity index (χ2n) is 6.48. The molecular formula is C17H18N2O7. The summed E-state index contributed by atoms with van der Waals surface area (Å²) in [6, 6.07) is 3.87. The molecule has 2 fully saturated rings. The highest BCUT2D eigenvalue weighted by Crippen LogP contribution is 2.43. The molecule has 0 radical (unpaired) electrons. The van der Waals surface area contributed by atoms with Gasteiger partial charge >= 0.3 is 5.97 Å². The summed E-state index contributed by atoms with van der Waals surface area (Å²) in [5.74, 6) is -2.41. The highest BCUT2D eigenvalue weighted by atomic mass is 16.6. The maximum Gasteiger partial charge on any atom is 0.337 e. The molecule has 1 unspecified atom stereocenters. The van der Waals surface area contributed by atoms with Crippen molar-refractivity contribution < 1.29 is 29.2 Å². The summed E-state index contributed by atoms with van der Waals surface area (Å²) >= 11 is 0. The third-order valence-corrected chi connectivity index (χ3v) is 5.01. The quantitative estimate of drug-likeness (QED) is 0.256. The van der Waals surface area contributed by atoms with Crippen molar-refractivity contribution >= 4 is 23.3 Å². The standard InChI is InChI=1S/C17H18N2O7/c1-9-13-12(6-7-20)16(22)18(13)14(15(9)21)17(23)26-8-10-2-4-11(5-3-10)19(24)25/h2-5,9,12-14,20H,6-8H2,1H3/t9-,12+,13-,14?/m1/s1. The molecule has 2 aliphatic heterocycles. The van der Waals surface area contributed by atoms with E-state index in [4.69, 9.17) is 9.84 Å². The molecule has 138 valence electrons. The van der Waals surface area contributed by atoms with Gasteiger partial charge in [0.05, 0.1) is 16.9 Å². The Labute approximate surface area is 148 Å². The second-order valence-corrected chi connectivity index (χ2v) is 6.48. The Morgan fingerprint density at radius 1 is 1.31 bits per heavy atom. The van der Waals surface area contributed by atoms with Crippen molar-refractivity contribution in [1.29, 1.82) is 0 Å². The Kier molecular flexibility index (Phi) is 4.73. The van der Waals surface area contributed by atoms with Crippen LogP contribution >= 0.6 is 0 Å². The molecule has 0 aliphatic carbocycles. The van der Waals surface area contributed by atoms with Gasteiger partial charge < -0.3 is 14.7 Å². The number of nitro groups is 1. The zero-order valence-electron chi connectivity index (χ0n) is 14.0. The number of amides is 1. The van der Waals surface area contributed by atoms with Crippen LogP contribution in [0, 0.1) is 22.0 Å². The molecule has 3 rings (SSSR count). The molecule has 26 heavy (non-hydrogen) atoms. The smallest absolute Gasteiger partial charge is 0.337 e. The number of ketones is 1. The van der Waals surface area contributed by atoms with E-state index in [0.29, 0.717) is 5.56 Å². The van der Waals surface area contributed by atoms with Crippen LogP contribution in [-0.4, -0.2) is 51.3 Å². The van der Waals surface area contributed by atoms with Gasteiger partial charge in [-0.15, -0.1) is 0 Å². The van der Waals surface area contributed by atoms with Gasteiger partial charge in [-0.05, 0) is 24.1 Å². The van der Waals surface area contributed by atoms with Crippen molar-refractivity contribution in [2.45, 2.75) is 32.0 Å². The molecule has 9 nitrogen and oxygen atoms in total. The van der Waals surface area contributed by atoms with E-state index < -0.39 is 28.8 Å². The fourth-order valence-electron chi connectivity index (χ4n) is 3.65. The fraction of sp³-hybridized carbons (Fsp3) is 0.471. The highest BCUT2D eigenvalue weighted by Gasteiger charge is 2.63. The summed E-state index contributed by atoms with van der Waals surface area (Å²) < 4.78 is 5.15. The molecule has 2 aliphatic rings. The number of aliphatic hydroxyl groups excluding tert-OH is 1. The molecule has 2 saturated heterocycles. The second kappa shape index (κ2) is 6.83. The summed E-state index contributed by atoms with van der Waals surface area (Å²) in [4.78, 5) is 48.3. The van der Waals surface area contributed by atoms with Crippen LogP contribution in [0.3, 0.4) is 0 Å². The van der Waals surface area contributed by atoms with E-state index in [1.165, 1.54) is 29.2 Å². The van der Waals surface area contributed by atoms with Crippen molar-refractivity contribution in [1.82, 2.24) is 4.90 Å². The Morgan fingerprint density at radius 3 is 2.54 bits per heavy atom. The van der Waals surface area contributed by atoms with E-state index in [9.17, 15) is 24.5 Å². The average molecular weight is 362 g/mol. The van der Waals surface area contributed by atoms with E-state index in [1.807, 2.05) is 0 Å². The fourth-order valence-corrected chi connectivity index (χ4v) is 3.65. The molecule has 2 heterocycles. The van der Waals surface area contributed by atoms with Crippen LogP contribution < -0.4 is 0 Å². The van der Waals surface area contributed by atoms with Crippen LogP contribution in [0.1, 0.15) is 18.9 Å². The molecule has 0 bridgehead atoms. The monoisotopic (exact) mass is 362 g/mol. The number of hydrogen-bond donors (Lipinski definition) is 1. The number of carbonyl (C=O) groups is 3. The lowest BCUT2D eigenvalue weighted by atomic mass is 9.81. The maximum absolute atomic E-state index is 12.4. The number of Topliss-reactive ketones (excluding diaryl/α,β-unsaturated/α-hetero) is 1. The number of aliphatic hydroxyl groups is 1. The summed E-state index contributed by atoms with van der Waals surface area (Å²) in [5.41, 5.74) is 0.455. The zero-order valence-corrected chi connectivity index (χ0v) is 14.0. The average Bonchev–Trinajstić information content (AvgIpc) is 2.86. The number of fused-ring (bicyclic) bond motifs is 1. The Balaban J connectivity index is 1.65. The lowest BCUT2D eigenvalue weighted by Crippen LogP contribution is -2.63. The first kappa shape index (κ1) is 18.0. The minimum Gasteiger partial charge on any atom is -0.459 e. The van der Waals surface area contributed by atoms with Crippen LogP contribution in [0.5, 0.6) is 0 Å². The molecule has 1 N–H and O–H groups in total. The molecule has 1 amide bonds. The molecule has 9 heteroatoms. The van der Waals surface area contributed by atoms with Crippen LogP contribution in [0.25, 0.3) is 0 Å². The SMILES string of the molecule is C[C@H]1C(=O)C(C(=O)OCc2ccc([N+](=O)[O-])cc2)N2C(=O)[C@@H](CCO)[C@@H]12. The third-order valence-electron chi connectivity index (χ3n) is 5.01. The number of nitro benzene ring substituents is 1. The van der Waals surface area contributed by atoms with Gasteiger partial charge in [-0.1, -0.05) is 6.92 Å². The molecule has 0 saturated carbocycles.